The van der Waals surface area contributed by atoms with Gasteiger partial charge in [0.2, 0.25) is 0 Å². The molecule has 1 aromatic rings. The van der Waals surface area contributed by atoms with Crippen LogP contribution in [0.25, 0.3) is 0 Å². The van der Waals surface area contributed by atoms with Gasteiger partial charge in [-0.1, -0.05) is 6.07 Å². The average molecular weight is 282 g/mol. The van der Waals surface area contributed by atoms with Crippen molar-refractivity contribution in [3.8, 4) is 5.75 Å². The van der Waals surface area contributed by atoms with E-state index in [2.05, 4.69) is 4.74 Å². The summed E-state index contributed by atoms with van der Waals surface area (Å²) < 4.78 is 64.3. The normalized spacial score (nSPS) is 12.8. The number of aryl methyl sites for hydroxylation is 1. The second-order valence-corrected chi connectivity index (χ2v) is 6.56. The SMILES string of the molecule is Cc1ccc(S(=O)(=O)C(C)C)c(OC(F)(F)F)c1. The van der Waals surface area contributed by atoms with Crippen molar-refractivity contribution in [3.05, 3.63) is 23.8 Å². The van der Waals surface area contributed by atoms with E-state index in [1.165, 1.54) is 19.9 Å². The Morgan fingerprint density at radius 1 is 1.22 bits per heavy atom. The molecule has 1 rings (SSSR count). The fourth-order valence-electron chi connectivity index (χ4n) is 1.31. The smallest absolute Gasteiger partial charge is 0.404 e. The molecule has 0 saturated heterocycles. The molecule has 0 aliphatic carbocycles. The largest absolute Gasteiger partial charge is 0.573 e. The summed E-state index contributed by atoms with van der Waals surface area (Å²) in [7, 11) is -3.82. The van der Waals surface area contributed by atoms with E-state index in [1.54, 1.807) is 6.92 Å². The summed E-state index contributed by atoms with van der Waals surface area (Å²) in [6, 6.07) is 3.62. The van der Waals surface area contributed by atoms with Crippen molar-refractivity contribution < 1.29 is 26.3 Å². The first kappa shape index (κ1) is 14.8. The zero-order chi connectivity index (χ0) is 14.1. The summed E-state index contributed by atoms with van der Waals surface area (Å²) in [6.07, 6.45) is -4.92. The Hall–Kier alpha value is -1.24. The maximum Gasteiger partial charge on any atom is 0.573 e. The highest BCUT2D eigenvalue weighted by Gasteiger charge is 2.34. The lowest BCUT2D eigenvalue weighted by Crippen LogP contribution is -2.21. The summed E-state index contributed by atoms with van der Waals surface area (Å²) in [5.74, 6) is -0.684. The lowest BCUT2D eigenvalue weighted by atomic mass is 10.2. The molecule has 1 aromatic carbocycles. The third-order valence-corrected chi connectivity index (χ3v) is 4.44. The van der Waals surface area contributed by atoms with Crippen LogP contribution in [0, 0.1) is 6.92 Å². The molecular formula is C11H13F3O3S. The van der Waals surface area contributed by atoms with Gasteiger partial charge in [0.1, 0.15) is 10.6 Å². The van der Waals surface area contributed by atoms with E-state index in [0.717, 1.165) is 12.1 Å². The number of alkyl halides is 3. The minimum atomic E-state index is -4.92. The van der Waals surface area contributed by atoms with Crippen molar-refractivity contribution in [3.63, 3.8) is 0 Å². The molecule has 0 aliphatic rings. The lowest BCUT2D eigenvalue weighted by molar-refractivity contribution is -0.275. The highest BCUT2D eigenvalue weighted by Crippen LogP contribution is 2.32. The molecule has 0 N–H and O–H groups in total. The molecule has 0 atom stereocenters. The van der Waals surface area contributed by atoms with E-state index in [0.29, 0.717) is 5.56 Å². The van der Waals surface area contributed by atoms with Crippen LogP contribution in [-0.4, -0.2) is 20.0 Å². The van der Waals surface area contributed by atoms with Crippen LogP contribution >= 0.6 is 0 Å². The summed E-state index contributed by atoms with van der Waals surface area (Å²) in [5.41, 5.74) is 0.483. The second-order valence-electron chi connectivity index (χ2n) is 4.09. The molecular weight excluding hydrogens is 269 g/mol. The van der Waals surface area contributed by atoms with E-state index in [1.807, 2.05) is 0 Å². The summed E-state index contributed by atoms with van der Waals surface area (Å²) in [5, 5.41) is -0.823. The van der Waals surface area contributed by atoms with E-state index in [9.17, 15) is 21.6 Å². The van der Waals surface area contributed by atoms with Gasteiger partial charge in [0.15, 0.2) is 9.84 Å². The first-order valence-corrected chi connectivity index (χ1v) is 6.69. The molecule has 0 unspecified atom stereocenters. The van der Waals surface area contributed by atoms with Crippen molar-refractivity contribution in [2.45, 2.75) is 37.3 Å². The molecule has 0 heterocycles. The Balaban J connectivity index is 3.37. The van der Waals surface area contributed by atoms with Crippen molar-refractivity contribution in [2.24, 2.45) is 0 Å². The molecule has 0 amide bonds. The predicted octanol–water partition coefficient (Wildman–Crippen LogP) is 3.08. The van der Waals surface area contributed by atoms with Gasteiger partial charge in [-0.15, -0.1) is 13.2 Å². The molecule has 7 heteroatoms. The molecule has 0 spiro atoms. The van der Waals surface area contributed by atoms with Crippen LogP contribution in [-0.2, 0) is 9.84 Å². The van der Waals surface area contributed by atoms with Gasteiger partial charge in [-0.3, -0.25) is 0 Å². The fraction of sp³-hybridized carbons (Fsp3) is 0.455. The first-order chi connectivity index (χ1) is 8.04. The number of halogens is 3. The Labute approximate surface area is 103 Å². The second kappa shape index (κ2) is 4.79. The molecule has 0 fully saturated rings. The van der Waals surface area contributed by atoms with Crippen molar-refractivity contribution in [1.82, 2.24) is 0 Å². The average Bonchev–Trinajstić information content (AvgIpc) is 2.13. The maximum atomic E-state index is 12.2. The molecule has 0 aliphatic heterocycles. The molecule has 18 heavy (non-hydrogen) atoms. The predicted molar refractivity (Wildman–Crippen MR) is 60.2 cm³/mol. The zero-order valence-electron chi connectivity index (χ0n) is 10.1. The van der Waals surface area contributed by atoms with Crippen LogP contribution < -0.4 is 4.74 Å². The topological polar surface area (TPSA) is 43.4 Å². The Morgan fingerprint density at radius 3 is 2.22 bits per heavy atom. The molecule has 0 radical (unpaired) electrons. The van der Waals surface area contributed by atoms with Crippen LogP contribution in [0.15, 0.2) is 23.1 Å². The van der Waals surface area contributed by atoms with Gasteiger partial charge in [-0.05, 0) is 38.5 Å². The van der Waals surface area contributed by atoms with Crippen molar-refractivity contribution >= 4 is 9.84 Å². The van der Waals surface area contributed by atoms with E-state index in [-0.39, 0.29) is 0 Å². The number of hydrogen-bond acceptors (Lipinski definition) is 3. The Kier molecular flexibility index (Phi) is 3.95. The molecule has 0 aromatic heterocycles. The standard InChI is InChI=1S/C11H13F3O3S/c1-7(2)18(15,16)10-5-4-8(3)6-9(10)17-11(12,13)14/h4-7H,1-3H3. The maximum absolute atomic E-state index is 12.2. The highest BCUT2D eigenvalue weighted by molar-refractivity contribution is 7.92. The number of hydrogen-bond donors (Lipinski definition) is 0. The number of rotatable bonds is 3. The van der Waals surface area contributed by atoms with Crippen LogP contribution in [0.1, 0.15) is 19.4 Å². The summed E-state index contributed by atoms with van der Waals surface area (Å²) in [4.78, 5) is -0.444. The quantitative estimate of drug-likeness (QED) is 0.855. The Morgan fingerprint density at radius 2 is 1.78 bits per heavy atom. The zero-order valence-corrected chi connectivity index (χ0v) is 10.9. The monoisotopic (exact) mass is 282 g/mol. The van der Waals surface area contributed by atoms with Crippen molar-refractivity contribution in [2.75, 3.05) is 0 Å². The number of sulfone groups is 1. The fourth-order valence-corrected chi connectivity index (χ4v) is 2.46. The van der Waals surface area contributed by atoms with Gasteiger partial charge in [-0.25, -0.2) is 8.42 Å². The minimum absolute atomic E-state index is 0.444. The van der Waals surface area contributed by atoms with Crippen LogP contribution in [0.2, 0.25) is 0 Å². The molecule has 3 nitrogen and oxygen atoms in total. The summed E-state index contributed by atoms with van der Waals surface area (Å²) in [6.45, 7) is 4.34. The number of ether oxygens (including phenoxy) is 1. The van der Waals surface area contributed by atoms with E-state index < -0.39 is 32.1 Å². The molecule has 0 saturated carbocycles. The van der Waals surface area contributed by atoms with Crippen LogP contribution in [0.4, 0.5) is 13.2 Å². The van der Waals surface area contributed by atoms with Gasteiger partial charge in [0.25, 0.3) is 0 Å². The lowest BCUT2D eigenvalue weighted by Gasteiger charge is -2.15. The first-order valence-electron chi connectivity index (χ1n) is 5.14. The van der Waals surface area contributed by atoms with Crippen LogP contribution in [0.3, 0.4) is 0 Å². The van der Waals surface area contributed by atoms with Crippen LogP contribution in [0.5, 0.6) is 5.75 Å². The Bertz CT molecular complexity index is 533. The number of benzene rings is 1. The molecule has 0 bridgehead atoms. The third kappa shape index (κ3) is 3.38. The van der Waals surface area contributed by atoms with Gasteiger partial charge in [0, 0.05) is 0 Å². The summed E-state index contributed by atoms with van der Waals surface area (Å²) >= 11 is 0. The van der Waals surface area contributed by atoms with Gasteiger partial charge in [-0.2, -0.15) is 0 Å². The minimum Gasteiger partial charge on any atom is -0.404 e. The van der Waals surface area contributed by atoms with Gasteiger partial charge >= 0.3 is 6.36 Å². The highest BCUT2D eigenvalue weighted by atomic mass is 32.2. The van der Waals surface area contributed by atoms with Crippen molar-refractivity contribution in [1.29, 1.82) is 0 Å². The van der Waals surface area contributed by atoms with Gasteiger partial charge < -0.3 is 4.74 Å². The van der Waals surface area contributed by atoms with E-state index in [4.69, 9.17) is 0 Å². The van der Waals surface area contributed by atoms with E-state index >= 15 is 0 Å². The third-order valence-electron chi connectivity index (χ3n) is 2.25. The molecule has 102 valence electrons. The van der Waals surface area contributed by atoms with Gasteiger partial charge in [0.05, 0.1) is 5.25 Å².